The van der Waals surface area contributed by atoms with Crippen molar-refractivity contribution in [1.82, 2.24) is 14.9 Å². The standard InChI is InChI=1S/C19H19N3O2S/c1-22-18(24)15-9-5-6-10-16(15)21-19(22)25-13-17(23)20-12-11-14-7-3-2-4-8-14/h2-10H,11-13H2,1H3,(H,20,23). The molecule has 0 spiro atoms. The van der Waals surface area contributed by atoms with E-state index in [0.29, 0.717) is 22.6 Å². The number of fused-ring (bicyclic) bond motifs is 1. The zero-order valence-corrected chi connectivity index (χ0v) is 14.8. The smallest absolute Gasteiger partial charge is 0.261 e. The second-order valence-electron chi connectivity index (χ2n) is 5.65. The third-order valence-electron chi connectivity index (χ3n) is 3.85. The Bertz CT molecular complexity index is 938. The molecule has 0 radical (unpaired) electrons. The Morgan fingerprint density at radius 1 is 1.12 bits per heavy atom. The minimum Gasteiger partial charge on any atom is -0.355 e. The van der Waals surface area contributed by atoms with E-state index in [-0.39, 0.29) is 17.2 Å². The summed E-state index contributed by atoms with van der Waals surface area (Å²) >= 11 is 1.27. The van der Waals surface area contributed by atoms with Crippen LogP contribution < -0.4 is 10.9 Å². The van der Waals surface area contributed by atoms with Crippen molar-refractivity contribution in [1.29, 1.82) is 0 Å². The molecule has 0 saturated carbocycles. The molecule has 0 fully saturated rings. The molecule has 0 bridgehead atoms. The van der Waals surface area contributed by atoms with Gasteiger partial charge in [-0.1, -0.05) is 54.2 Å². The van der Waals surface area contributed by atoms with E-state index in [4.69, 9.17) is 0 Å². The fourth-order valence-corrected chi connectivity index (χ4v) is 3.30. The van der Waals surface area contributed by atoms with Gasteiger partial charge < -0.3 is 5.32 Å². The fourth-order valence-electron chi connectivity index (χ4n) is 2.50. The van der Waals surface area contributed by atoms with Crippen LogP contribution >= 0.6 is 11.8 Å². The topological polar surface area (TPSA) is 64.0 Å². The molecule has 1 N–H and O–H groups in total. The van der Waals surface area contributed by atoms with Gasteiger partial charge in [-0.05, 0) is 24.1 Å². The number of hydrogen-bond donors (Lipinski definition) is 1. The van der Waals surface area contributed by atoms with Gasteiger partial charge in [0.15, 0.2) is 5.16 Å². The van der Waals surface area contributed by atoms with Gasteiger partial charge in [-0.15, -0.1) is 0 Å². The molecule has 3 rings (SSSR count). The molecule has 1 heterocycles. The Kier molecular flexibility index (Phi) is 5.50. The number of nitrogens with one attached hydrogen (secondary N) is 1. The molecular formula is C19H19N3O2S. The highest BCUT2D eigenvalue weighted by atomic mass is 32.2. The summed E-state index contributed by atoms with van der Waals surface area (Å²) in [4.78, 5) is 28.8. The summed E-state index contributed by atoms with van der Waals surface area (Å²) in [6, 6.07) is 17.2. The lowest BCUT2D eigenvalue weighted by molar-refractivity contribution is -0.118. The van der Waals surface area contributed by atoms with E-state index in [1.165, 1.54) is 21.9 Å². The van der Waals surface area contributed by atoms with Gasteiger partial charge in [-0.3, -0.25) is 14.2 Å². The van der Waals surface area contributed by atoms with E-state index < -0.39 is 0 Å². The summed E-state index contributed by atoms with van der Waals surface area (Å²) in [7, 11) is 1.68. The van der Waals surface area contributed by atoms with Gasteiger partial charge in [-0.25, -0.2) is 4.98 Å². The van der Waals surface area contributed by atoms with E-state index in [1.807, 2.05) is 42.5 Å². The Balaban J connectivity index is 1.58. The predicted octanol–water partition coefficient (Wildman–Crippen LogP) is 2.38. The van der Waals surface area contributed by atoms with Crippen molar-refractivity contribution in [3.8, 4) is 0 Å². The molecule has 6 heteroatoms. The zero-order chi connectivity index (χ0) is 17.6. The van der Waals surface area contributed by atoms with E-state index in [9.17, 15) is 9.59 Å². The number of carbonyl (C=O) groups excluding carboxylic acids is 1. The van der Waals surface area contributed by atoms with Crippen molar-refractivity contribution in [2.45, 2.75) is 11.6 Å². The van der Waals surface area contributed by atoms with E-state index in [2.05, 4.69) is 10.3 Å². The molecule has 0 unspecified atom stereocenters. The number of carbonyl (C=O) groups is 1. The molecule has 128 valence electrons. The first-order valence-corrected chi connectivity index (χ1v) is 9.03. The van der Waals surface area contributed by atoms with Crippen molar-refractivity contribution >= 4 is 28.6 Å². The lowest BCUT2D eigenvalue weighted by atomic mass is 10.1. The highest BCUT2D eigenvalue weighted by Gasteiger charge is 2.10. The van der Waals surface area contributed by atoms with Crippen LogP contribution in [0.15, 0.2) is 64.5 Å². The number of aromatic nitrogens is 2. The molecule has 1 aromatic heterocycles. The first-order valence-electron chi connectivity index (χ1n) is 8.04. The molecule has 0 aliphatic rings. The van der Waals surface area contributed by atoms with Crippen LogP contribution in [-0.4, -0.2) is 27.8 Å². The second-order valence-corrected chi connectivity index (χ2v) is 6.59. The zero-order valence-electron chi connectivity index (χ0n) is 13.9. The molecule has 0 atom stereocenters. The lowest BCUT2D eigenvalue weighted by Gasteiger charge is -2.09. The fraction of sp³-hybridized carbons (Fsp3) is 0.211. The number of rotatable bonds is 6. The van der Waals surface area contributed by atoms with Gasteiger partial charge in [0.05, 0.1) is 16.7 Å². The second kappa shape index (κ2) is 7.98. The Labute approximate surface area is 150 Å². The molecule has 1 amide bonds. The minimum absolute atomic E-state index is 0.0664. The first-order chi connectivity index (χ1) is 12.1. The summed E-state index contributed by atoms with van der Waals surface area (Å²) < 4.78 is 1.49. The maximum atomic E-state index is 12.3. The van der Waals surface area contributed by atoms with Crippen LogP contribution in [0.1, 0.15) is 5.56 Å². The predicted molar refractivity (Wildman–Crippen MR) is 101 cm³/mol. The van der Waals surface area contributed by atoms with Crippen molar-refractivity contribution in [3.05, 3.63) is 70.5 Å². The quantitative estimate of drug-likeness (QED) is 0.546. The summed E-state index contributed by atoms with van der Waals surface area (Å²) in [5.74, 6) is 0.163. The van der Waals surface area contributed by atoms with Gasteiger partial charge in [0.1, 0.15) is 0 Å². The van der Waals surface area contributed by atoms with Gasteiger partial charge in [0, 0.05) is 13.6 Å². The van der Waals surface area contributed by atoms with Gasteiger partial charge in [-0.2, -0.15) is 0 Å². The van der Waals surface area contributed by atoms with E-state index in [1.54, 1.807) is 19.2 Å². The Hall–Kier alpha value is -2.60. The average Bonchev–Trinajstić information content (AvgIpc) is 2.64. The largest absolute Gasteiger partial charge is 0.355 e. The number of para-hydroxylation sites is 1. The van der Waals surface area contributed by atoms with Gasteiger partial charge in [0.2, 0.25) is 5.91 Å². The number of thioether (sulfide) groups is 1. The van der Waals surface area contributed by atoms with Crippen molar-refractivity contribution in [3.63, 3.8) is 0 Å². The Morgan fingerprint density at radius 3 is 2.64 bits per heavy atom. The van der Waals surface area contributed by atoms with Crippen LogP contribution in [0, 0.1) is 0 Å². The molecule has 25 heavy (non-hydrogen) atoms. The van der Waals surface area contributed by atoms with Crippen LogP contribution in [-0.2, 0) is 18.3 Å². The molecule has 0 aliphatic heterocycles. The number of nitrogens with zero attached hydrogens (tertiary/aromatic N) is 2. The van der Waals surface area contributed by atoms with Crippen LogP contribution in [0.2, 0.25) is 0 Å². The summed E-state index contributed by atoms with van der Waals surface area (Å²) in [6.45, 7) is 0.591. The third-order valence-corrected chi connectivity index (χ3v) is 4.88. The highest BCUT2D eigenvalue weighted by Crippen LogP contribution is 2.16. The summed E-state index contributed by atoms with van der Waals surface area (Å²) in [6.07, 6.45) is 0.796. The molecule has 3 aromatic rings. The molecular weight excluding hydrogens is 334 g/mol. The molecule has 0 saturated heterocycles. The number of hydrogen-bond acceptors (Lipinski definition) is 4. The first kappa shape index (κ1) is 17.2. The molecule has 5 nitrogen and oxygen atoms in total. The summed E-state index contributed by atoms with van der Waals surface area (Å²) in [5, 5.41) is 4.03. The third kappa shape index (κ3) is 4.28. The monoisotopic (exact) mass is 353 g/mol. The minimum atomic E-state index is -0.0995. The number of amides is 1. The lowest BCUT2D eigenvalue weighted by Crippen LogP contribution is -2.28. The normalized spacial score (nSPS) is 10.8. The van der Waals surface area contributed by atoms with Crippen LogP contribution in [0.3, 0.4) is 0 Å². The Morgan fingerprint density at radius 2 is 1.84 bits per heavy atom. The van der Waals surface area contributed by atoms with Crippen molar-refractivity contribution in [2.75, 3.05) is 12.3 Å². The van der Waals surface area contributed by atoms with E-state index in [0.717, 1.165) is 6.42 Å². The summed E-state index contributed by atoms with van der Waals surface area (Å²) in [5.41, 5.74) is 1.74. The average molecular weight is 353 g/mol. The van der Waals surface area contributed by atoms with Gasteiger partial charge in [0.25, 0.3) is 5.56 Å². The van der Waals surface area contributed by atoms with E-state index >= 15 is 0 Å². The SMILES string of the molecule is Cn1c(SCC(=O)NCCc2ccccc2)nc2ccccc2c1=O. The highest BCUT2D eigenvalue weighted by molar-refractivity contribution is 7.99. The van der Waals surface area contributed by atoms with Gasteiger partial charge >= 0.3 is 0 Å². The molecule has 0 aliphatic carbocycles. The van der Waals surface area contributed by atoms with Crippen LogP contribution in [0.4, 0.5) is 0 Å². The van der Waals surface area contributed by atoms with Crippen LogP contribution in [0.25, 0.3) is 10.9 Å². The molecule has 2 aromatic carbocycles. The maximum absolute atomic E-state index is 12.3. The maximum Gasteiger partial charge on any atom is 0.261 e. The number of benzene rings is 2. The van der Waals surface area contributed by atoms with Crippen molar-refractivity contribution < 1.29 is 4.79 Å². The van der Waals surface area contributed by atoms with Crippen LogP contribution in [0.5, 0.6) is 0 Å². The van der Waals surface area contributed by atoms with Crippen molar-refractivity contribution in [2.24, 2.45) is 7.05 Å².